The Hall–Kier alpha value is -2.38. The maximum Gasteiger partial charge on any atom is 0.426 e. The van der Waals surface area contributed by atoms with E-state index in [0.29, 0.717) is 18.1 Å². The molecule has 2 aromatic rings. The zero-order valence-electron chi connectivity index (χ0n) is 22.4. The minimum atomic E-state index is -3.88. The van der Waals surface area contributed by atoms with Crippen LogP contribution >= 0.6 is 0 Å². The van der Waals surface area contributed by atoms with Gasteiger partial charge in [0.2, 0.25) is 0 Å². The molecule has 2 fully saturated rings. The lowest BCUT2D eigenvalue weighted by Crippen LogP contribution is -2.25. The molecule has 216 valence electrons. The predicted octanol–water partition coefficient (Wildman–Crippen LogP) is 10.4. The van der Waals surface area contributed by atoms with Crippen LogP contribution in [0.2, 0.25) is 0 Å². The first-order valence-corrected chi connectivity index (χ1v) is 14.3. The summed E-state index contributed by atoms with van der Waals surface area (Å²) < 4.78 is 90.2. The maximum absolute atomic E-state index is 14.7. The summed E-state index contributed by atoms with van der Waals surface area (Å²) in [4.78, 5) is 0. The number of benzene rings is 2. The minimum Gasteiger partial charge on any atom is -0.429 e. The third-order valence-electron chi connectivity index (χ3n) is 8.69. The third kappa shape index (κ3) is 7.85. The molecule has 2 nitrogen and oxygen atoms in total. The Morgan fingerprint density at radius 2 is 1.38 bits per heavy atom. The summed E-state index contributed by atoms with van der Waals surface area (Å²) >= 11 is 0. The van der Waals surface area contributed by atoms with Gasteiger partial charge in [-0.15, -0.1) is 0 Å². The van der Waals surface area contributed by atoms with E-state index in [-0.39, 0.29) is 0 Å². The van der Waals surface area contributed by atoms with E-state index < -0.39 is 41.4 Å². The van der Waals surface area contributed by atoms with E-state index in [0.717, 1.165) is 36.2 Å². The smallest absolute Gasteiger partial charge is 0.426 e. The van der Waals surface area contributed by atoms with Crippen molar-refractivity contribution in [3.05, 3.63) is 59.2 Å². The SMILES string of the molecule is CCCCCC1CCC(C2CCC(c3ccc(C(F)(F)Oc4cc(F)c(OC(F)F)c(F)c4)cc3)CC2)CC1. The van der Waals surface area contributed by atoms with Gasteiger partial charge in [-0.25, -0.2) is 8.78 Å². The number of alkyl halides is 4. The molecule has 0 heterocycles. The zero-order valence-corrected chi connectivity index (χ0v) is 22.4. The molecule has 2 aromatic carbocycles. The topological polar surface area (TPSA) is 18.5 Å². The maximum atomic E-state index is 14.7. The average Bonchev–Trinajstić information content (AvgIpc) is 2.91. The van der Waals surface area contributed by atoms with Crippen molar-refractivity contribution in [2.75, 3.05) is 0 Å². The second-order valence-corrected chi connectivity index (χ2v) is 11.2. The van der Waals surface area contributed by atoms with Gasteiger partial charge in [0, 0.05) is 12.1 Å². The van der Waals surface area contributed by atoms with Gasteiger partial charge < -0.3 is 9.47 Å². The van der Waals surface area contributed by atoms with Crippen LogP contribution in [0.25, 0.3) is 0 Å². The van der Waals surface area contributed by atoms with Crippen LogP contribution < -0.4 is 9.47 Å². The molecule has 0 aromatic heterocycles. The molecule has 2 aliphatic carbocycles. The van der Waals surface area contributed by atoms with E-state index in [1.54, 1.807) is 12.1 Å². The number of ether oxygens (including phenoxy) is 2. The quantitative estimate of drug-likeness (QED) is 0.202. The zero-order chi connectivity index (χ0) is 28.0. The molecule has 0 radical (unpaired) electrons. The fraction of sp³-hybridized carbons (Fsp3) is 0.613. The van der Waals surface area contributed by atoms with Crippen molar-refractivity contribution in [1.29, 1.82) is 0 Å². The Morgan fingerprint density at radius 3 is 1.92 bits per heavy atom. The van der Waals surface area contributed by atoms with E-state index in [2.05, 4.69) is 16.4 Å². The minimum absolute atomic E-state index is 0.320. The van der Waals surface area contributed by atoms with Crippen LogP contribution in [0.3, 0.4) is 0 Å². The second-order valence-electron chi connectivity index (χ2n) is 11.2. The van der Waals surface area contributed by atoms with E-state index in [1.807, 2.05) is 0 Å². The molecular formula is C31H38F6O2. The van der Waals surface area contributed by atoms with Crippen LogP contribution in [0.5, 0.6) is 11.5 Å². The third-order valence-corrected chi connectivity index (χ3v) is 8.69. The Kier molecular flexibility index (Phi) is 10.1. The van der Waals surface area contributed by atoms with Gasteiger partial charge in [-0.1, -0.05) is 57.6 Å². The lowest BCUT2D eigenvalue weighted by molar-refractivity contribution is -0.185. The number of rotatable bonds is 11. The summed E-state index contributed by atoms with van der Waals surface area (Å²) in [5, 5.41) is 0. The average molecular weight is 557 g/mol. The highest BCUT2D eigenvalue weighted by atomic mass is 19.3. The largest absolute Gasteiger partial charge is 0.429 e. The van der Waals surface area contributed by atoms with Gasteiger partial charge in [0.1, 0.15) is 5.75 Å². The molecule has 0 aliphatic heterocycles. The molecule has 0 amide bonds. The molecule has 0 unspecified atom stereocenters. The molecule has 0 atom stereocenters. The highest BCUT2D eigenvalue weighted by molar-refractivity contribution is 5.36. The van der Waals surface area contributed by atoms with Crippen LogP contribution in [0.1, 0.15) is 101 Å². The van der Waals surface area contributed by atoms with E-state index >= 15 is 0 Å². The van der Waals surface area contributed by atoms with Crippen molar-refractivity contribution >= 4 is 0 Å². The highest BCUT2D eigenvalue weighted by Gasteiger charge is 2.36. The molecule has 2 aliphatic rings. The van der Waals surface area contributed by atoms with Gasteiger partial charge in [-0.3, -0.25) is 0 Å². The van der Waals surface area contributed by atoms with Crippen molar-refractivity contribution < 1.29 is 35.8 Å². The van der Waals surface area contributed by atoms with Crippen molar-refractivity contribution in [1.82, 2.24) is 0 Å². The molecule has 0 bridgehead atoms. The predicted molar refractivity (Wildman–Crippen MR) is 138 cm³/mol. The van der Waals surface area contributed by atoms with Gasteiger partial charge in [-0.2, -0.15) is 17.6 Å². The molecule has 39 heavy (non-hydrogen) atoms. The fourth-order valence-electron chi connectivity index (χ4n) is 6.51. The summed E-state index contributed by atoms with van der Waals surface area (Å²) in [6.07, 6.45) is 11.3. The summed E-state index contributed by atoms with van der Waals surface area (Å²) in [6.45, 7) is -1.21. The van der Waals surface area contributed by atoms with E-state index in [9.17, 15) is 26.3 Å². The monoisotopic (exact) mass is 556 g/mol. The summed E-state index contributed by atoms with van der Waals surface area (Å²) in [5.74, 6) is -2.52. The second kappa shape index (κ2) is 13.3. The molecule has 4 rings (SSSR count). The van der Waals surface area contributed by atoms with Gasteiger partial charge in [-0.05, 0) is 79.9 Å². The van der Waals surface area contributed by atoms with Gasteiger partial charge in [0.25, 0.3) is 0 Å². The fourth-order valence-corrected chi connectivity index (χ4v) is 6.51. The normalized spacial score (nSPS) is 24.1. The molecule has 0 saturated heterocycles. The molecule has 0 spiro atoms. The first-order chi connectivity index (χ1) is 18.7. The Balaban J connectivity index is 1.29. The molecular weight excluding hydrogens is 518 g/mol. The van der Waals surface area contributed by atoms with Gasteiger partial charge in [0.15, 0.2) is 17.4 Å². The van der Waals surface area contributed by atoms with E-state index in [1.165, 1.54) is 76.3 Å². The van der Waals surface area contributed by atoms with Crippen LogP contribution in [0.15, 0.2) is 36.4 Å². The van der Waals surface area contributed by atoms with Crippen LogP contribution in [-0.2, 0) is 6.11 Å². The number of unbranched alkanes of at least 4 members (excludes halogenated alkanes) is 2. The summed E-state index contributed by atoms with van der Waals surface area (Å²) in [5.41, 5.74) is 0.530. The van der Waals surface area contributed by atoms with E-state index in [4.69, 9.17) is 0 Å². The van der Waals surface area contributed by atoms with Crippen molar-refractivity contribution in [3.63, 3.8) is 0 Å². The van der Waals surface area contributed by atoms with Crippen LogP contribution in [-0.4, -0.2) is 6.61 Å². The summed E-state index contributed by atoms with van der Waals surface area (Å²) in [6, 6.07) is 6.64. The summed E-state index contributed by atoms with van der Waals surface area (Å²) in [7, 11) is 0. The standard InChI is InChI=1S/C31H38F6O2/c1-2-3-4-5-20-6-8-21(9-7-20)22-10-12-23(13-11-22)24-14-16-25(17-15-24)31(36,37)39-26-18-27(32)29(28(33)19-26)38-30(34)35/h14-23,30H,2-13H2,1H3. The number of hydrogen-bond acceptors (Lipinski definition) is 2. The van der Waals surface area contributed by atoms with Gasteiger partial charge in [0.05, 0.1) is 5.56 Å². The molecule has 2 saturated carbocycles. The van der Waals surface area contributed by atoms with Crippen molar-refractivity contribution in [2.24, 2.45) is 17.8 Å². The first-order valence-electron chi connectivity index (χ1n) is 14.3. The number of halogens is 6. The highest BCUT2D eigenvalue weighted by Crippen LogP contribution is 2.45. The van der Waals surface area contributed by atoms with Crippen molar-refractivity contribution in [2.45, 2.75) is 103 Å². The molecule has 0 N–H and O–H groups in total. The lowest BCUT2D eigenvalue weighted by atomic mass is 9.68. The number of hydrogen-bond donors (Lipinski definition) is 0. The van der Waals surface area contributed by atoms with Crippen LogP contribution in [0, 0.1) is 29.4 Å². The lowest BCUT2D eigenvalue weighted by Gasteiger charge is -2.38. The Bertz CT molecular complexity index is 1020. The van der Waals surface area contributed by atoms with Crippen molar-refractivity contribution in [3.8, 4) is 11.5 Å². The first kappa shape index (κ1) is 29.6. The van der Waals surface area contributed by atoms with Crippen LogP contribution in [0.4, 0.5) is 26.3 Å². The Labute approximate surface area is 227 Å². The Morgan fingerprint density at radius 1 is 0.821 bits per heavy atom. The molecule has 8 heteroatoms. The van der Waals surface area contributed by atoms with Gasteiger partial charge >= 0.3 is 12.7 Å².